The normalized spacial score (nSPS) is 12.0. The van der Waals surface area contributed by atoms with Crippen molar-refractivity contribution in [2.24, 2.45) is 5.92 Å². The highest BCUT2D eigenvalue weighted by Gasteiger charge is 2.13. The Labute approximate surface area is 76.7 Å². The fourth-order valence-corrected chi connectivity index (χ4v) is 1.04. The zero-order chi connectivity index (χ0) is 9.68. The molecule has 1 atom stereocenters. The van der Waals surface area contributed by atoms with Gasteiger partial charge in [-0.15, -0.1) is 6.58 Å². The van der Waals surface area contributed by atoms with Gasteiger partial charge in [0, 0.05) is 12.4 Å². The van der Waals surface area contributed by atoms with E-state index in [1.54, 1.807) is 18.5 Å². The van der Waals surface area contributed by atoms with Crippen LogP contribution in [0, 0.1) is 5.92 Å². The number of rotatable bonds is 4. The maximum Gasteiger partial charge on any atom is 0.310 e. The molecular formula is C10H11NO2. The van der Waals surface area contributed by atoms with Crippen molar-refractivity contribution in [3.8, 4) is 0 Å². The van der Waals surface area contributed by atoms with E-state index in [9.17, 15) is 4.79 Å². The Bertz CT molecular complexity index is 295. The van der Waals surface area contributed by atoms with Crippen LogP contribution in [0.3, 0.4) is 0 Å². The van der Waals surface area contributed by atoms with Crippen molar-refractivity contribution in [1.82, 2.24) is 4.98 Å². The predicted molar refractivity (Wildman–Crippen MR) is 49.3 cm³/mol. The number of nitrogens with zero attached hydrogens (tertiary/aromatic N) is 1. The molecule has 3 heteroatoms. The molecule has 0 bridgehead atoms. The minimum absolute atomic E-state index is 0.451. The molecule has 1 rings (SSSR count). The number of hydrogen-bond acceptors (Lipinski definition) is 2. The van der Waals surface area contributed by atoms with E-state index in [-0.39, 0.29) is 0 Å². The van der Waals surface area contributed by atoms with Crippen LogP contribution < -0.4 is 0 Å². The summed E-state index contributed by atoms with van der Waals surface area (Å²) in [5.74, 6) is -1.37. The number of hydrogen-bond donors (Lipinski definition) is 1. The lowest BCUT2D eigenvalue weighted by molar-refractivity contribution is -0.140. The summed E-state index contributed by atoms with van der Waals surface area (Å²) in [7, 11) is 0. The number of aromatic nitrogens is 1. The molecular weight excluding hydrogens is 166 g/mol. The molecule has 0 fully saturated rings. The van der Waals surface area contributed by atoms with E-state index in [4.69, 9.17) is 5.11 Å². The smallest absolute Gasteiger partial charge is 0.310 e. The minimum atomic E-state index is -0.848. The van der Waals surface area contributed by atoms with Gasteiger partial charge >= 0.3 is 5.97 Å². The fourth-order valence-electron chi connectivity index (χ4n) is 1.04. The Kier molecular flexibility index (Phi) is 3.20. The topological polar surface area (TPSA) is 50.2 Å². The lowest BCUT2D eigenvalue weighted by Crippen LogP contribution is -2.13. The Balaban J connectivity index is 2.67. The molecule has 3 nitrogen and oxygen atoms in total. The highest BCUT2D eigenvalue weighted by molar-refractivity contribution is 5.72. The summed E-state index contributed by atoms with van der Waals surface area (Å²) in [6.07, 6.45) is 5.22. The average Bonchev–Trinajstić information content (AvgIpc) is 2.15. The summed E-state index contributed by atoms with van der Waals surface area (Å²) in [5.41, 5.74) is 0.912. The Morgan fingerprint density at radius 2 is 2.54 bits per heavy atom. The molecule has 68 valence electrons. The van der Waals surface area contributed by atoms with Gasteiger partial charge in [0.15, 0.2) is 0 Å². The number of carboxylic acid groups (broad SMARTS) is 1. The van der Waals surface area contributed by atoms with Gasteiger partial charge in [0.05, 0.1) is 5.92 Å². The van der Waals surface area contributed by atoms with Gasteiger partial charge in [-0.3, -0.25) is 9.78 Å². The maximum atomic E-state index is 10.6. The van der Waals surface area contributed by atoms with Gasteiger partial charge in [0.25, 0.3) is 0 Å². The van der Waals surface area contributed by atoms with Gasteiger partial charge in [-0.05, 0) is 18.1 Å². The number of carbonyl (C=O) groups is 1. The first-order chi connectivity index (χ1) is 6.24. The van der Waals surface area contributed by atoms with Crippen LogP contribution in [0.15, 0.2) is 37.2 Å². The molecule has 1 heterocycles. The van der Waals surface area contributed by atoms with E-state index in [0.29, 0.717) is 6.42 Å². The van der Waals surface area contributed by atoms with E-state index in [1.165, 1.54) is 6.08 Å². The maximum absolute atomic E-state index is 10.6. The molecule has 0 saturated heterocycles. The van der Waals surface area contributed by atoms with Crippen LogP contribution in [-0.2, 0) is 11.2 Å². The Morgan fingerprint density at radius 3 is 3.00 bits per heavy atom. The molecule has 0 radical (unpaired) electrons. The molecule has 0 aliphatic rings. The first-order valence-corrected chi connectivity index (χ1v) is 3.98. The van der Waals surface area contributed by atoms with Crippen molar-refractivity contribution < 1.29 is 9.90 Å². The summed E-state index contributed by atoms with van der Waals surface area (Å²) in [4.78, 5) is 14.5. The summed E-state index contributed by atoms with van der Waals surface area (Å²) >= 11 is 0. The third kappa shape index (κ3) is 2.71. The second-order valence-electron chi connectivity index (χ2n) is 2.75. The molecule has 13 heavy (non-hydrogen) atoms. The van der Waals surface area contributed by atoms with Gasteiger partial charge in [-0.25, -0.2) is 0 Å². The van der Waals surface area contributed by atoms with Crippen molar-refractivity contribution >= 4 is 5.97 Å². The quantitative estimate of drug-likeness (QED) is 0.709. The zero-order valence-electron chi connectivity index (χ0n) is 7.18. The molecule has 1 aromatic rings. The number of carboxylic acids is 1. The van der Waals surface area contributed by atoms with Crippen LogP contribution in [0.5, 0.6) is 0 Å². The number of aliphatic carboxylic acids is 1. The van der Waals surface area contributed by atoms with Crippen LogP contribution in [0.4, 0.5) is 0 Å². The fraction of sp³-hybridized carbons (Fsp3) is 0.200. The monoisotopic (exact) mass is 177 g/mol. The molecule has 0 aliphatic carbocycles. The molecule has 0 amide bonds. The van der Waals surface area contributed by atoms with E-state index < -0.39 is 11.9 Å². The van der Waals surface area contributed by atoms with Crippen molar-refractivity contribution in [3.63, 3.8) is 0 Å². The SMILES string of the molecule is C=CC(Cc1cccnc1)C(=O)O. The van der Waals surface area contributed by atoms with Crippen molar-refractivity contribution in [3.05, 3.63) is 42.7 Å². The standard InChI is InChI=1S/C10H11NO2/c1-2-9(10(12)13)6-8-4-3-5-11-7-8/h2-5,7,9H,1,6H2,(H,12,13). The lowest BCUT2D eigenvalue weighted by atomic mass is 10.0. The van der Waals surface area contributed by atoms with E-state index in [0.717, 1.165) is 5.56 Å². The first-order valence-electron chi connectivity index (χ1n) is 3.98. The summed E-state index contributed by atoms with van der Waals surface area (Å²) in [6, 6.07) is 3.64. The van der Waals surface area contributed by atoms with Crippen LogP contribution in [0.2, 0.25) is 0 Å². The third-order valence-corrected chi connectivity index (χ3v) is 1.78. The Morgan fingerprint density at radius 1 is 1.77 bits per heavy atom. The van der Waals surface area contributed by atoms with E-state index >= 15 is 0 Å². The molecule has 0 saturated carbocycles. The van der Waals surface area contributed by atoms with E-state index in [2.05, 4.69) is 11.6 Å². The predicted octanol–water partition coefficient (Wildman–Crippen LogP) is 1.51. The molecule has 1 unspecified atom stereocenters. The summed E-state index contributed by atoms with van der Waals surface area (Å²) < 4.78 is 0. The molecule has 0 aromatic carbocycles. The zero-order valence-corrected chi connectivity index (χ0v) is 7.18. The summed E-state index contributed by atoms with van der Waals surface area (Å²) in [6.45, 7) is 3.48. The molecule has 0 spiro atoms. The van der Waals surface area contributed by atoms with Gasteiger partial charge in [0.2, 0.25) is 0 Å². The second-order valence-corrected chi connectivity index (χ2v) is 2.75. The van der Waals surface area contributed by atoms with Gasteiger partial charge < -0.3 is 5.11 Å². The van der Waals surface area contributed by atoms with Gasteiger partial charge in [-0.1, -0.05) is 12.1 Å². The van der Waals surface area contributed by atoms with Crippen LogP contribution in [-0.4, -0.2) is 16.1 Å². The van der Waals surface area contributed by atoms with Crippen LogP contribution in [0.25, 0.3) is 0 Å². The first kappa shape index (κ1) is 9.45. The summed E-state index contributed by atoms with van der Waals surface area (Å²) in [5, 5.41) is 8.74. The minimum Gasteiger partial charge on any atom is -0.481 e. The lowest BCUT2D eigenvalue weighted by Gasteiger charge is -2.05. The van der Waals surface area contributed by atoms with Crippen LogP contribution >= 0.6 is 0 Å². The highest BCUT2D eigenvalue weighted by Crippen LogP contribution is 2.08. The molecule has 1 aromatic heterocycles. The molecule has 1 N–H and O–H groups in total. The molecule has 0 aliphatic heterocycles. The Hall–Kier alpha value is -1.64. The van der Waals surface area contributed by atoms with Gasteiger partial charge in [-0.2, -0.15) is 0 Å². The van der Waals surface area contributed by atoms with Crippen molar-refractivity contribution in [1.29, 1.82) is 0 Å². The van der Waals surface area contributed by atoms with Gasteiger partial charge in [0.1, 0.15) is 0 Å². The highest BCUT2D eigenvalue weighted by atomic mass is 16.4. The van der Waals surface area contributed by atoms with Crippen molar-refractivity contribution in [2.45, 2.75) is 6.42 Å². The van der Waals surface area contributed by atoms with Crippen molar-refractivity contribution in [2.75, 3.05) is 0 Å². The average molecular weight is 177 g/mol. The second kappa shape index (κ2) is 4.40. The largest absolute Gasteiger partial charge is 0.481 e. The van der Waals surface area contributed by atoms with Crippen LogP contribution in [0.1, 0.15) is 5.56 Å². The van der Waals surface area contributed by atoms with E-state index in [1.807, 2.05) is 6.07 Å². The third-order valence-electron chi connectivity index (χ3n) is 1.78. The number of pyridine rings is 1.